The SMILES string of the molecule is CN(CC(=O)O)Cc1ccc(I)cc1. The van der Waals surface area contributed by atoms with Crippen LogP contribution in [0.4, 0.5) is 0 Å². The number of nitrogens with zero attached hydrogens (tertiary/aromatic N) is 1. The second-order valence-corrected chi connectivity index (χ2v) is 4.44. The fourth-order valence-electron chi connectivity index (χ4n) is 1.19. The molecule has 0 aliphatic rings. The summed E-state index contributed by atoms with van der Waals surface area (Å²) in [5.74, 6) is -0.794. The van der Waals surface area contributed by atoms with Gasteiger partial charge >= 0.3 is 5.97 Å². The first-order chi connectivity index (χ1) is 6.58. The lowest BCUT2D eigenvalue weighted by Gasteiger charge is -2.13. The molecule has 4 heteroatoms. The fourth-order valence-corrected chi connectivity index (χ4v) is 1.55. The molecule has 1 aromatic rings. The molecule has 0 radical (unpaired) electrons. The van der Waals surface area contributed by atoms with E-state index in [-0.39, 0.29) is 6.54 Å². The molecule has 0 aliphatic heterocycles. The molecule has 0 heterocycles. The van der Waals surface area contributed by atoms with E-state index in [0.717, 1.165) is 5.56 Å². The van der Waals surface area contributed by atoms with Crippen LogP contribution in [-0.2, 0) is 11.3 Å². The highest BCUT2D eigenvalue weighted by Gasteiger charge is 2.04. The summed E-state index contributed by atoms with van der Waals surface area (Å²) in [6.45, 7) is 0.745. The Morgan fingerprint density at radius 1 is 1.43 bits per heavy atom. The van der Waals surface area contributed by atoms with Crippen LogP contribution in [0.2, 0.25) is 0 Å². The summed E-state index contributed by atoms with van der Waals surface area (Å²) < 4.78 is 1.19. The standard InChI is InChI=1S/C10H12INO2/c1-12(7-10(13)14)6-8-2-4-9(11)5-3-8/h2-5H,6-7H2,1H3,(H,13,14). The van der Waals surface area contributed by atoms with Crippen LogP contribution in [-0.4, -0.2) is 29.6 Å². The summed E-state index contributed by atoms with van der Waals surface area (Å²) in [7, 11) is 1.80. The molecule has 0 fully saturated rings. The summed E-state index contributed by atoms with van der Waals surface area (Å²) >= 11 is 2.24. The fraction of sp³-hybridized carbons (Fsp3) is 0.300. The summed E-state index contributed by atoms with van der Waals surface area (Å²) in [4.78, 5) is 12.2. The van der Waals surface area contributed by atoms with Gasteiger partial charge in [0.05, 0.1) is 6.54 Å². The molecule has 0 aliphatic carbocycles. The predicted molar refractivity (Wildman–Crippen MR) is 63.1 cm³/mol. The molecule has 1 rings (SSSR count). The third kappa shape index (κ3) is 4.06. The van der Waals surface area contributed by atoms with Gasteiger partial charge in [0.1, 0.15) is 0 Å². The maximum Gasteiger partial charge on any atom is 0.317 e. The lowest BCUT2D eigenvalue weighted by molar-refractivity contribution is -0.138. The Morgan fingerprint density at radius 3 is 2.50 bits per heavy atom. The first-order valence-corrected chi connectivity index (χ1v) is 5.30. The van der Waals surface area contributed by atoms with Gasteiger partial charge in [0, 0.05) is 10.1 Å². The van der Waals surface area contributed by atoms with Crippen molar-refractivity contribution in [3.63, 3.8) is 0 Å². The van der Waals surface area contributed by atoms with Crippen molar-refractivity contribution in [3.05, 3.63) is 33.4 Å². The van der Waals surface area contributed by atoms with Crippen LogP contribution >= 0.6 is 22.6 Å². The molecule has 0 spiro atoms. The van der Waals surface area contributed by atoms with Gasteiger partial charge in [-0.05, 0) is 47.3 Å². The van der Waals surface area contributed by atoms with Gasteiger partial charge in [0.25, 0.3) is 0 Å². The maximum absolute atomic E-state index is 10.4. The van der Waals surface area contributed by atoms with Gasteiger partial charge in [-0.25, -0.2) is 0 Å². The lowest BCUT2D eigenvalue weighted by Crippen LogP contribution is -2.25. The van der Waals surface area contributed by atoms with Crippen LogP contribution < -0.4 is 0 Å². The third-order valence-electron chi connectivity index (χ3n) is 1.77. The van der Waals surface area contributed by atoms with Crippen LogP contribution in [0.25, 0.3) is 0 Å². The van der Waals surface area contributed by atoms with Gasteiger partial charge in [-0.1, -0.05) is 12.1 Å². The van der Waals surface area contributed by atoms with Gasteiger partial charge in [0.2, 0.25) is 0 Å². The van der Waals surface area contributed by atoms with Gasteiger partial charge in [-0.3, -0.25) is 9.69 Å². The van der Waals surface area contributed by atoms with E-state index in [1.165, 1.54) is 3.57 Å². The molecule has 0 aromatic heterocycles. The first-order valence-electron chi connectivity index (χ1n) is 4.22. The Balaban J connectivity index is 2.51. The molecule has 0 bridgehead atoms. The van der Waals surface area contributed by atoms with E-state index >= 15 is 0 Å². The van der Waals surface area contributed by atoms with Crippen molar-refractivity contribution in [2.24, 2.45) is 0 Å². The largest absolute Gasteiger partial charge is 0.480 e. The van der Waals surface area contributed by atoms with Crippen LogP contribution in [0, 0.1) is 3.57 Å². The van der Waals surface area contributed by atoms with Gasteiger partial charge < -0.3 is 5.11 Å². The van der Waals surface area contributed by atoms with Crippen molar-refractivity contribution < 1.29 is 9.90 Å². The summed E-state index contributed by atoms with van der Waals surface area (Å²) in [6, 6.07) is 8.06. The number of hydrogen-bond donors (Lipinski definition) is 1. The smallest absolute Gasteiger partial charge is 0.317 e. The zero-order valence-corrected chi connectivity index (χ0v) is 10.1. The van der Waals surface area contributed by atoms with E-state index in [2.05, 4.69) is 22.6 Å². The van der Waals surface area contributed by atoms with Crippen molar-refractivity contribution in [2.75, 3.05) is 13.6 Å². The zero-order valence-electron chi connectivity index (χ0n) is 7.90. The van der Waals surface area contributed by atoms with E-state index in [0.29, 0.717) is 6.54 Å². The van der Waals surface area contributed by atoms with Crippen molar-refractivity contribution in [1.29, 1.82) is 0 Å². The second kappa shape index (κ2) is 5.31. The number of rotatable bonds is 4. The number of carboxylic acids is 1. The predicted octanol–water partition coefficient (Wildman–Crippen LogP) is 1.81. The minimum atomic E-state index is -0.794. The van der Waals surface area contributed by atoms with E-state index in [9.17, 15) is 4.79 Å². The van der Waals surface area contributed by atoms with Gasteiger partial charge in [0.15, 0.2) is 0 Å². The average Bonchev–Trinajstić information content (AvgIpc) is 2.07. The molecule has 0 amide bonds. The summed E-state index contributed by atoms with van der Waals surface area (Å²) in [5, 5.41) is 8.56. The second-order valence-electron chi connectivity index (χ2n) is 3.19. The molecular formula is C10H12INO2. The van der Waals surface area contributed by atoms with Gasteiger partial charge in [-0.15, -0.1) is 0 Å². The molecule has 14 heavy (non-hydrogen) atoms. The topological polar surface area (TPSA) is 40.5 Å². The normalized spacial score (nSPS) is 10.5. The molecule has 3 nitrogen and oxygen atoms in total. The van der Waals surface area contributed by atoms with Crippen molar-refractivity contribution in [2.45, 2.75) is 6.54 Å². The Labute approximate surface area is 96.9 Å². The van der Waals surface area contributed by atoms with Crippen LogP contribution in [0.3, 0.4) is 0 Å². The highest BCUT2D eigenvalue weighted by atomic mass is 127. The first kappa shape index (κ1) is 11.5. The molecular weight excluding hydrogens is 293 g/mol. The molecule has 76 valence electrons. The number of carbonyl (C=O) groups is 1. The maximum atomic E-state index is 10.4. The van der Waals surface area contributed by atoms with E-state index < -0.39 is 5.97 Å². The Hall–Kier alpha value is -0.620. The Morgan fingerprint density at radius 2 is 2.00 bits per heavy atom. The molecule has 1 aromatic carbocycles. The number of aliphatic carboxylic acids is 1. The highest BCUT2D eigenvalue weighted by Crippen LogP contribution is 2.08. The van der Waals surface area contributed by atoms with E-state index in [4.69, 9.17) is 5.11 Å². The number of carboxylic acid groups (broad SMARTS) is 1. The van der Waals surface area contributed by atoms with Crippen LogP contribution in [0.1, 0.15) is 5.56 Å². The number of benzene rings is 1. The monoisotopic (exact) mass is 305 g/mol. The molecule has 0 unspecified atom stereocenters. The minimum absolute atomic E-state index is 0.0754. The van der Waals surface area contributed by atoms with Crippen molar-refractivity contribution >= 4 is 28.6 Å². The average molecular weight is 305 g/mol. The number of halogens is 1. The van der Waals surface area contributed by atoms with E-state index in [1.807, 2.05) is 24.3 Å². The Kier molecular flexibility index (Phi) is 4.34. The lowest BCUT2D eigenvalue weighted by atomic mass is 10.2. The minimum Gasteiger partial charge on any atom is -0.480 e. The number of hydrogen-bond acceptors (Lipinski definition) is 2. The van der Waals surface area contributed by atoms with Crippen LogP contribution in [0.5, 0.6) is 0 Å². The van der Waals surface area contributed by atoms with Gasteiger partial charge in [-0.2, -0.15) is 0 Å². The van der Waals surface area contributed by atoms with Crippen LogP contribution in [0.15, 0.2) is 24.3 Å². The molecule has 0 atom stereocenters. The number of likely N-dealkylation sites (N-methyl/N-ethyl adjacent to an activating group) is 1. The summed E-state index contributed by atoms with van der Waals surface area (Å²) in [5.41, 5.74) is 1.13. The van der Waals surface area contributed by atoms with E-state index in [1.54, 1.807) is 11.9 Å². The highest BCUT2D eigenvalue weighted by molar-refractivity contribution is 14.1. The van der Waals surface area contributed by atoms with Crippen molar-refractivity contribution in [1.82, 2.24) is 4.90 Å². The van der Waals surface area contributed by atoms with Crippen molar-refractivity contribution in [3.8, 4) is 0 Å². The molecule has 0 saturated heterocycles. The Bertz CT molecular complexity index is 310. The molecule has 1 N–H and O–H groups in total. The summed E-state index contributed by atoms with van der Waals surface area (Å²) in [6.07, 6.45) is 0. The third-order valence-corrected chi connectivity index (χ3v) is 2.49. The zero-order chi connectivity index (χ0) is 10.6. The quantitative estimate of drug-likeness (QED) is 0.863. The molecule has 0 saturated carbocycles.